The molecule has 10 heavy (non-hydrogen) atoms. The van der Waals surface area contributed by atoms with Crippen molar-refractivity contribution in [2.24, 2.45) is 15.7 Å². The van der Waals surface area contributed by atoms with E-state index in [1.165, 1.54) is 0 Å². The fraction of sp³-hybridized carbons (Fsp3) is 0. The minimum Gasteiger partial charge on any atom is -0.283 e. The molecular formula is C7H6N3. The van der Waals surface area contributed by atoms with Gasteiger partial charge < -0.3 is 0 Å². The van der Waals surface area contributed by atoms with Crippen LogP contribution in [0.15, 0.2) is 34.3 Å². The second kappa shape index (κ2) is 1.88. The highest BCUT2D eigenvalue weighted by atomic mass is 15.1. The first kappa shape index (κ1) is 5.56. The zero-order chi connectivity index (χ0) is 6.97. The number of nitrogens with zero attached hydrogens (tertiary/aromatic N) is 2. The fourth-order valence-corrected chi connectivity index (χ4v) is 0.925. The minimum absolute atomic E-state index is 0.348. The van der Waals surface area contributed by atoms with Crippen molar-refractivity contribution >= 4 is 0 Å². The van der Waals surface area contributed by atoms with Gasteiger partial charge in [0.15, 0.2) is 0 Å². The summed E-state index contributed by atoms with van der Waals surface area (Å²) in [5.41, 5.74) is 5.37. The summed E-state index contributed by atoms with van der Waals surface area (Å²) < 4.78 is 0. The third-order valence-electron chi connectivity index (χ3n) is 1.35. The van der Waals surface area contributed by atoms with E-state index in [-0.39, 0.29) is 0 Å². The van der Waals surface area contributed by atoms with Crippen LogP contribution < -0.4 is 16.4 Å². The van der Waals surface area contributed by atoms with Gasteiger partial charge in [0, 0.05) is 0 Å². The first-order valence-electron chi connectivity index (χ1n) is 3.01. The Labute approximate surface area is 57.9 Å². The van der Waals surface area contributed by atoms with Crippen molar-refractivity contribution in [2.45, 2.75) is 0 Å². The Bertz CT molecular complexity index is 320. The summed E-state index contributed by atoms with van der Waals surface area (Å²) in [5.74, 6) is 0. The molecule has 1 heterocycles. The number of fused-ring (bicyclic) bond motifs is 1. The third-order valence-corrected chi connectivity index (χ3v) is 1.35. The van der Waals surface area contributed by atoms with E-state index in [1.54, 1.807) is 0 Å². The van der Waals surface area contributed by atoms with E-state index in [0.29, 0.717) is 6.29 Å². The Morgan fingerprint density at radius 1 is 1.00 bits per heavy atom. The van der Waals surface area contributed by atoms with E-state index >= 15 is 0 Å². The van der Waals surface area contributed by atoms with Gasteiger partial charge in [-0.1, -0.05) is 12.1 Å². The molecule has 3 nitrogen and oxygen atoms in total. The van der Waals surface area contributed by atoms with Gasteiger partial charge in [0.25, 0.3) is 6.29 Å². The molecule has 49 valence electrons. The Morgan fingerprint density at radius 2 is 1.50 bits per heavy atom. The van der Waals surface area contributed by atoms with Crippen molar-refractivity contribution in [1.82, 2.24) is 0 Å². The molecule has 1 aliphatic rings. The second-order valence-corrected chi connectivity index (χ2v) is 2.07. The SMILES string of the molecule is N[C]1N=c2ccccc2=N1. The molecule has 0 aliphatic carbocycles. The maximum atomic E-state index is 5.37. The molecule has 1 radical (unpaired) electrons. The molecule has 0 unspecified atom stereocenters. The molecule has 0 bridgehead atoms. The highest BCUT2D eigenvalue weighted by Crippen LogP contribution is 1.92. The lowest BCUT2D eigenvalue weighted by atomic mass is 10.3. The van der Waals surface area contributed by atoms with Gasteiger partial charge in [0.05, 0.1) is 10.7 Å². The number of hydrogen-bond acceptors (Lipinski definition) is 3. The molecule has 1 aliphatic heterocycles. The van der Waals surface area contributed by atoms with Crippen LogP contribution in [0.25, 0.3) is 0 Å². The predicted octanol–water partition coefficient (Wildman–Crippen LogP) is -0.655. The normalized spacial score (nSPS) is 15.7. The van der Waals surface area contributed by atoms with Crippen LogP contribution in [0.5, 0.6) is 0 Å². The van der Waals surface area contributed by atoms with E-state index in [2.05, 4.69) is 9.98 Å². The van der Waals surface area contributed by atoms with Crippen molar-refractivity contribution < 1.29 is 0 Å². The maximum Gasteiger partial charge on any atom is 0.264 e. The lowest BCUT2D eigenvalue weighted by molar-refractivity contribution is 0.945. The summed E-state index contributed by atoms with van der Waals surface area (Å²) in [7, 11) is 0. The van der Waals surface area contributed by atoms with Gasteiger partial charge >= 0.3 is 0 Å². The minimum atomic E-state index is 0.348. The summed E-state index contributed by atoms with van der Waals surface area (Å²) in [5, 5.41) is 1.72. The standard InChI is InChI=1S/C7H6N3/c8-7-9-5-3-1-2-4-6(5)10-7/h1-4H,8H2. The monoisotopic (exact) mass is 132 g/mol. The molecule has 0 aromatic heterocycles. The Kier molecular flexibility index (Phi) is 1.05. The van der Waals surface area contributed by atoms with E-state index in [1.807, 2.05) is 24.3 Å². The van der Waals surface area contributed by atoms with Gasteiger partial charge in [-0.15, -0.1) is 0 Å². The van der Waals surface area contributed by atoms with Gasteiger partial charge in [-0.3, -0.25) is 5.73 Å². The van der Waals surface area contributed by atoms with Crippen LogP contribution in [0.1, 0.15) is 0 Å². The average Bonchev–Trinajstić information content (AvgIpc) is 2.27. The smallest absolute Gasteiger partial charge is 0.264 e. The number of hydrogen-bond donors (Lipinski definition) is 1. The number of para-hydroxylation sites is 2. The van der Waals surface area contributed by atoms with E-state index in [0.717, 1.165) is 10.7 Å². The lowest BCUT2D eigenvalue weighted by Crippen LogP contribution is -2.19. The fourth-order valence-electron chi connectivity index (χ4n) is 0.925. The first-order valence-corrected chi connectivity index (χ1v) is 3.01. The van der Waals surface area contributed by atoms with Crippen LogP contribution in [-0.4, -0.2) is 0 Å². The van der Waals surface area contributed by atoms with Crippen LogP contribution in [-0.2, 0) is 0 Å². The molecule has 2 N–H and O–H groups in total. The second-order valence-electron chi connectivity index (χ2n) is 2.07. The number of nitrogens with two attached hydrogens (primary N) is 1. The van der Waals surface area contributed by atoms with E-state index < -0.39 is 0 Å². The summed E-state index contributed by atoms with van der Waals surface area (Å²) in [4.78, 5) is 7.96. The molecule has 0 amide bonds. The number of benzene rings is 1. The Hall–Kier alpha value is -1.22. The highest BCUT2D eigenvalue weighted by Gasteiger charge is 2.02. The van der Waals surface area contributed by atoms with Crippen LogP contribution in [0.3, 0.4) is 0 Å². The van der Waals surface area contributed by atoms with Crippen molar-refractivity contribution in [3.63, 3.8) is 0 Å². The van der Waals surface area contributed by atoms with Crippen molar-refractivity contribution in [3.05, 3.63) is 41.3 Å². The van der Waals surface area contributed by atoms with Crippen LogP contribution in [0.2, 0.25) is 0 Å². The molecule has 2 rings (SSSR count). The Balaban J connectivity index is 2.83. The molecule has 0 saturated heterocycles. The van der Waals surface area contributed by atoms with E-state index in [4.69, 9.17) is 5.73 Å². The predicted molar refractivity (Wildman–Crippen MR) is 36.2 cm³/mol. The molecular weight excluding hydrogens is 126 g/mol. The molecule has 0 atom stereocenters. The van der Waals surface area contributed by atoms with Crippen molar-refractivity contribution in [1.29, 1.82) is 0 Å². The number of rotatable bonds is 0. The van der Waals surface area contributed by atoms with Gasteiger partial charge in [-0.25, -0.2) is 9.98 Å². The largest absolute Gasteiger partial charge is 0.283 e. The van der Waals surface area contributed by atoms with Gasteiger partial charge in [-0.2, -0.15) is 0 Å². The zero-order valence-corrected chi connectivity index (χ0v) is 5.28. The summed E-state index contributed by atoms with van der Waals surface area (Å²) in [6, 6.07) is 7.60. The Morgan fingerprint density at radius 3 is 2.00 bits per heavy atom. The third kappa shape index (κ3) is 0.717. The van der Waals surface area contributed by atoms with Gasteiger partial charge in [0.1, 0.15) is 0 Å². The van der Waals surface area contributed by atoms with Crippen LogP contribution >= 0.6 is 0 Å². The maximum absolute atomic E-state index is 5.37. The quantitative estimate of drug-likeness (QED) is 0.500. The molecule has 0 spiro atoms. The van der Waals surface area contributed by atoms with Crippen LogP contribution in [0, 0.1) is 6.29 Å². The van der Waals surface area contributed by atoms with Gasteiger partial charge in [-0.05, 0) is 12.1 Å². The summed E-state index contributed by atoms with van der Waals surface area (Å²) >= 11 is 0. The summed E-state index contributed by atoms with van der Waals surface area (Å²) in [6.45, 7) is 0. The zero-order valence-electron chi connectivity index (χ0n) is 5.28. The molecule has 0 saturated carbocycles. The topological polar surface area (TPSA) is 50.7 Å². The molecule has 0 fully saturated rings. The molecule has 1 aromatic rings. The van der Waals surface area contributed by atoms with Crippen molar-refractivity contribution in [3.8, 4) is 0 Å². The molecule has 1 aromatic carbocycles. The highest BCUT2D eigenvalue weighted by molar-refractivity contribution is 5.06. The van der Waals surface area contributed by atoms with E-state index in [9.17, 15) is 0 Å². The van der Waals surface area contributed by atoms with Gasteiger partial charge in [0.2, 0.25) is 0 Å². The summed E-state index contributed by atoms with van der Waals surface area (Å²) in [6.07, 6.45) is 0.348. The van der Waals surface area contributed by atoms with Crippen molar-refractivity contribution in [2.75, 3.05) is 0 Å². The average molecular weight is 132 g/mol. The first-order chi connectivity index (χ1) is 4.86. The van der Waals surface area contributed by atoms with Crippen LogP contribution in [0.4, 0.5) is 0 Å². The lowest BCUT2D eigenvalue weighted by Gasteiger charge is -1.83. The molecule has 3 heteroatoms.